The van der Waals surface area contributed by atoms with E-state index in [9.17, 15) is 0 Å². The van der Waals surface area contributed by atoms with Crippen LogP contribution in [-0.4, -0.2) is 38.1 Å². The molecule has 1 aliphatic rings. The van der Waals surface area contributed by atoms with E-state index in [0.717, 1.165) is 7.11 Å². The molecule has 0 aliphatic carbocycles. The van der Waals surface area contributed by atoms with Gasteiger partial charge in [-0.25, -0.2) is 0 Å². The molecule has 1 unspecified atom stereocenters. The third kappa shape index (κ3) is 4.73. The van der Waals surface area contributed by atoms with Crippen LogP contribution < -0.4 is 0 Å². The molecule has 1 heterocycles. The molecule has 0 amide bonds. The van der Waals surface area contributed by atoms with Crippen molar-refractivity contribution in [3.8, 4) is 6.07 Å². The lowest BCUT2D eigenvalue weighted by molar-refractivity contribution is -0.0855. The number of aliphatic hydroxyl groups is 1. The topological polar surface area (TPSA) is 62.5 Å². The van der Waals surface area contributed by atoms with E-state index in [4.69, 9.17) is 19.8 Å². The molecule has 4 heteroatoms. The average Bonchev–Trinajstić information content (AvgIpc) is 2.11. The Morgan fingerprint density at radius 1 is 1.55 bits per heavy atom. The van der Waals surface area contributed by atoms with Gasteiger partial charge < -0.3 is 14.6 Å². The van der Waals surface area contributed by atoms with E-state index in [1.807, 2.05) is 6.07 Å². The Morgan fingerprint density at radius 2 is 2.27 bits per heavy atom. The zero-order valence-corrected chi connectivity index (χ0v) is 6.62. The quantitative estimate of drug-likeness (QED) is 0.581. The van der Waals surface area contributed by atoms with Crippen LogP contribution in [-0.2, 0) is 9.47 Å². The van der Waals surface area contributed by atoms with Crippen molar-refractivity contribution in [3.05, 3.63) is 0 Å². The van der Waals surface area contributed by atoms with Crippen LogP contribution in [0.5, 0.6) is 0 Å². The van der Waals surface area contributed by atoms with Crippen molar-refractivity contribution in [2.24, 2.45) is 0 Å². The summed E-state index contributed by atoms with van der Waals surface area (Å²) in [5, 5.41) is 15.2. The zero-order valence-electron chi connectivity index (χ0n) is 6.62. The highest BCUT2D eigenvalue weighted by atomic mass is 16.6. The van der Waals surface area contributed by atoms with Gasteiger partial charge in [-0.2, -0.15) is 5.26 Å². The molecule has 1 aliphatic heterocycles. The molecule has 1 N–H and O–H groups in total. The molecule has 1 fully saturated rings. The van der Waals surface area contributed by atoms with Crippen LogP contribution in [0.1, 0.15) is 6.42 Å². The van der Waals surface area contributed by atoms with Gasteiger partial charge in [-0.3, -0.25) is 0 Å². The van der Waals surface area contributed by atoms with E-state index in [-0.39, 0.29) is 6.10 Å². The Labute approximate surface area is 66.3 Å². The Morgan fingerprint density at radius 3 is 2.73 bits per heavy atom. The predicted octanol–water partition coefficient (Wildman–Crippen LogP) is -0.0760. The fraction of sp³-hybridized carbons (Fsp3) is 0.857. The summed E-state index contributed by atoms with van der Waals surface area (Å²) < 4.78 is 10.2. The van der Waals surface area contributed by atoms with Crippen molar-refractivity contribution in [1.82, 2.24) is 0 Å². The number of nitriles is 1. The fourth-order valence-corrected chi connectivity index (χ4v) is 0.756. The van der Waals surface area contributed by atoms with Gasteiger partial charge in [0.15, 0.2) is 0 Å². The second kappa shape index (κ2) is 7.48. The van der Waals surface area contributed by atoms with Gasteiger partial charge in [-0.15, -0.1) is 0 Å². The highest BCUT2D eigenvalue weighted by Crippen LogP contribution is 2.02. The number of nitrogens with zero attached hydrogens (tertiary/aromatic N) is 1. The zero-order chi connectivity index (χ0) is 8.53. The lowest BCUT2D eigenvalue weighted by Gasteiger charge is -2.20. The Bertz CT molecular complexity index is 115. The van der Waals surface area contributed by atoms with E-state index in [2.05, 4.69) is 0 Å². The lowest BCUT2D eigenvalue weighted by atomic mass is 10.3. The number of hydrogen-bond donors (Lipinski definition) is 1. The average molecular weight is 159 g/mol. The van der Waals surface area contributed by atoms with Crippen LogP contribution in [0.4, 0.5) is 0 Å². The summed E-state index contributed by atoms with van der Waals surface area (Å²) >= 11 is 0. The highest BCUT2D eigenvalue weighted by Gasteiger charge is 2.12. The van der Waals surface area contributed by atoms with Gasteiger partial charge in [0.05, 0.1) is 38.4 Å². The van der Waals surface area contributed by atoms with E-state index in [0.29, 0.717) is 26.2 Å². The fourth-order valence-electron chi connectivity index (χ4n) is 0.756. The van der Waals surface area contributed by atoms with Crippen molar-refractivity contribution in [3.63, 3.8) is 0 Å². The van der Waals surface area contributed by atoms with Gasteiger partial charge >= 0.3 is 0 Å². The highest BCUT2D eigenvalue weighted by molar-refractivity contribution is 4.77. The molecule has 0 bridgehead atoms. The van der Waals surface area contributed by atoms with Crippen molar-refractivity contribution in [2.45, 2.75) is 12.5 Å². The third-order valence-corrected chi connectivity index (χ3v) is 1.20. The summed E-state index contributed by atoms with van der Waals surface area (Å²) in [5.41, 5.74) is 0. The smallest absolute Gasteiger partial charge is 0.0939 e. The van der Waals surface area contributed by atoms with Gasteiger partial charge in [0.1, 0.15) is 0 Å². The molecule has 1 saturated heterocycles. The minimum atomic E-state index is 0.0174. The molecule has 0 radical (unpaired) electrons. The first kappa shape index (κ1) is 10.4. The first-order valence-electron chi connectivity index (χ1n) is 3.44. The summed E-state index contributed by atoms with van der Waals surface area (Å²) in [6.07, 6.45) is 0.462. The number of hydrogen-bond acceptors (Lipinski definition) is 4. The van der Waals surface area contributed by atoms with Crippen LogP contribution in [0.2, 0.25) is 0 Å². The van der Waals surface area contributed by atoms with Gasteiger partial charge in [0, 0.05) is 7.11 Å². The van der Waals surface area contributed by atoms with Gasteiger partial charge in [-0.05, 0) is 0 Å². The first-order chi connectivity index (χ1) is 5.43. The third-order valence-electron chi connectivity index (χ3n) is 1.20. The maximum Gasteiger partial charge on any atom is 0.0939 e. The van der Waals surface area contributed by atoms with Crippen molar-refractivity contribution in [1.29, 1.82) is 5.26 Å². The van der Waals surface area contributed by atoms with Crippen molar-refractivity contribution in [2.75, 3.05) is 26.9 Å². The molecule has 0 aromatic heterocycles. The summed E-state index contributed by atoms with van der Waals surface area (Å²) in [6, 6.07) is 2.03. The maximum atomic E-state index is 8.23. The molecule has 64 valence electrons. The Hall–Kier alpha value is -0.630. The summed E-state index contributed by atoms with van der Waals surface area (Å²) in [6.45, 7) is 1.88. The summed E-state index contributed by atoms with van der Waals surface area (Å²) in [7, 11) is 1.00. The molecular formula is C7H13NO3. The Balaban J connectivity index is 0.000000461. The van der Waals surface area contributed by atoms with E-state index >= 15 is 0 Å². The largest absolute Gasteiger partial charge is 0.400 e. The summed E-state index contributed by atoms with van der Waals surface area (Å²) in [5.74, 6) is 0. The van der Waals surface area contributed by atoms with Crippen molar-refractivity contribution < 1.29 is 14.6 Å². The van der Waals surface area contributed by atoms with Crippen LogP contribution in [0.15, 0.2) is 0 Å². The SMILES string of the molecule is CO.N#CCC1COCCO1. The van der Waals surface area contributed by atoms with Gasteiger partial charge in [0.2, 0.25) is 0 Å². The molecule has 0 saturated carbocycles. The molecular weight excluding hydrogens is 146 g/mol. The Kier molecular flexibility index (Phi) is 7.05. The summed E-state index contributed by atoms with van der Waals surface area (Å²) in [4.78, 5) is 0. The van der Waals surface area contributed by atoms with Crippen LogP contribution in [0, 0.1) is 11.3 Å². The molecule has 0 aromatic rings. The van der Waals surface area contributed by atoms with Crippen LogP contribution >= 0.6 is 0 Å². The lowest BCUT2D eigenvalue weighted by Crippen LogP contribution is -2.27. The van der Waals surface area contributed by atoms with E-state index in [1.54, 1.807) is 0 Å². The predicted molar refractivity (Wildman–Crippen MR) is 38.9 cm³/mol. The monoisotopic (exact) mass is 159 g/mol. The van der Waals surface area contributed by atoms with Gasteiger partial charge in [0.25, 0.3) is 0 Å². The van der Waals surface area contributed by atoms with Crippen LogP contribution in [0.3, 0.4) is 0 Å². The normalized spacial score (nSPS) is 22.8. The molecule has 1 rings (SSSR count). The minimum Gasteiger partial charge on any atom is -0.400 e. The molecule has 0 spiro atoms. The van der Waals surface area contributed by atoms with E-state index < -0.39 is 0 Å². The molecule has 1 atom stereocenters. The van der Waals surface area contributed by atoms with Crippen LogP contribution in [0.25, 0.3) is 0 Å². The molecule has 0 aromatic carbocycles. The number of ether oxygens (including phenoxy) is 2. The standard InChI is InChI=1S/C6H9NO2.CH4O/c7-2-1-6-5-8-3-4-9-6;1-2/h6H,1,3-5H2;2H,1H3. The number of aliphatic hydroxyl groups excluding tert-OH is 1. The first-order valence-corrected chi connectivity index (χ1v) is 3.44. The second-order valence-corrected chi connectivity index (χ2v) is 1.93. The molecule has 4 nitrogen and oxygen atoms in total. The van der Waals surface area contributed by atoms with Crippen molar-refractivity contribution >= 4 is 0 Å². The minimum absolute atomic E-state index is 0.0174. The number of rotatable bonds is 1. The second-order valence-electron chi connectivity index (χ2n) is 1.93. The van der Waals surface area contributed by atoms with Gasteiger partial charge in [-0.1, -0.05) is 0 Å². The van der Waals surface area contributed by atoms with E-state index in [1.165, 1.54) is 0 Å². The maximum absolute atomic E-state index is 8.23. The molecule has 11 heavy (non-hydrogen) atoms.